The van der Waals surface area contributed by atoms with Gasteiger partial charge < -0.3 is 15.5 Å². The van der Waals surface area contributed by atoms with Crippen molar-refractivity contribution in [1.29, 1.82) is 0 Å². The van der Waals surface area contributed by atoms with Crippen LogP contribution in [0.2, 0.25) is 0 Å². The van der Waals surface area contributed by atoms with E-state index in [0.29, 0.717) is 34.8 Å². The van der Waals surface area contributed by atoms with E-state index in [0.717, 1.165) is 5.56 Å². The molecule has 1 aliphatic heterocycles. The number of hydrogen-bond acceptors (Lipinski definition) is 3. The third-order valence-corrected chi connectivity index (χ3v) is 5.04. The first-order valence-corrected chi connectivity index (χ1v) is 9.82. The van der Waals surface area contributed by atoms with E-state index >= 15 is 0 Å². The SMILES string of the molecule is CN1C(=O)CN=C(c2ccccc2F)c2cc(NC(=O)NCc3ccccc3)ccc21. The molecular formula is C24H21FN4O2. The van der Waals surface area contributed by atoms with Gasteiger partial charge in [0, 0.05) is 30.4 Å². The molecule has 1 heterocycles. The molecule has 0 aliphatic carbocycles. The number of aliphatic imine (C=N–C) groups is 1. The maximum absolute atomic E-state index is 14.5. The summed E-state index contributed by atoms with van der Waals surface area (Å²) in [7, 11) is 1.65. The molecule has 0 saturated carbocycles. The summed E-state index contributed by atoms with van der Waals surface area (Å²) in [6.07, 6.45) is 0. The van der Waals surface area contributed by atoms with Crippen LogP contribution in [-0.4, -0.2) is 31.2 Å². The van der Waals surface area contributed by atoms with E-state index in [1.165, 1.54) is 11.0 Å². The smallest absolute Gasteiger partial charge is 0.319 e. The van der Waals surface area contributed by atoms with Crippen LogP contribution in [-0.2, 0) is 11.3 Å². The van der Waals surface area contributed by atoms with Gasteiger partial charge in [-0.1, -0.05) is 42.5 Å². The van der Waals surface area contributed by atoms with Crippen LogP contribution in [0, 0.1) is 5.82 Å². The minimum absolute atomic E-state index is 0.0881. The molecule has 2 N–H and O–H groups in total. The van der Waals surface area contributed by atoms with Crippen LogP contribution in [0.1, 0.15) is 16.7 Å². The van der Waals surface area contributed by atoms with Crippen molar-refractivity contribution in [2.45, 2.75) is 6.54 Å². The van der Waals surface area contributed by atoms with Gasteiger partial charge in [0.15, 0.2) is 0 Å². The highest BCUT2D eigenvalue weighted by Crippen LogP contribution is 2.29. The number of benzodiazepines with no additional fused rings is 1. The molecule has 1 aliphatic rings. The van der Waals surface area contributed by atoms with E-state index in [2.05, 4.69) is 15.6 Å². The monoisotopic (exact) mass is 416 g/mol. The first-order chi connectivity index (χ1) is 15.0. The van der Waals surface area contributed by atoms with Gasteiger partial charge in [0.25, 0.3) is 0 Å². The lowest BCUT2D eigenvalue weighted by atomic mass is 9.99. The van der Waals surface area contributed by atoms with Crippen molar-refractivity contribution in [3.63, 3.8) is 0 Å². The number of nitrogens with zero attached hydrogens (tertiary/aromatic N) is 2. The van der Waals surface area contributed by atoms with Gasteiger partial charge in [-0.15, -0.1) is 0 Å². The fourth-order valence-corrected chi connectivity index (χ4v) is 3.41. The Labute approximate surface area is 179 Å². The van der Waals surface area contributed by atoms with Crippen molar-refractivity contribution in [3.05, 3.63) is 95.3 Å². The van der Waals surface area contributed by atoms with Crippen molar-refractivity contribution < 1.29 is 14.0 Å². The Morgan fingerprint density at radius 3 is 2.55 bits per heavy atom. The van der Waals surface area contributed by atoms with E-state index in [-0.39, 0.29) is 18.5 Å². The van der Waals surface area contributed by atoms with E-state index in [1.54, 1.807) is 43.4 Å². The molecule has 0 radical (unpaired) electrons. The van der Waals surface area contributed by atoms with E-state index < -0.39 is 5.82 Å². The summed E-state index contributed by atoms with van der Waals surface area (Å²) in [5.41, 5.74) is 3.33. The lowest BCUT2D eigenvalue weighted by Crippen LogP contribution is -2.29. The third kappa shape index (κ3) is 4.45. The van der Waals surface area contributed by atoms with Crippen LogP contribution in [0.3, 0.4) is 0 Å². The van der Waals surface area contributed by atoms with Gasteiger partial charge in [0.05, 0.1) is 11.4 Å². The molecule has 0 unspecified atom stereocenters. The Kier molecular flexibility index (Phi) is 5.75. The molecule has 156 valence electrons. The van der Waals surface area contributed by atoms with Gasteiger partial charge in [-0.05, 0) is 35.9 Å². The zero-order chi connectivity index (χ0) is 21.8. The lowest BCUT2D eigenvalue weighted by molar-refractivity contribution is -0.116. The highest BCUT2D eigenvalue weighted by atomic mass is 19.1. The fourth-order valence-electron chi connectivity index (χ4n) is 3.41. The topological polar surface area (TPSA) is 73.8 Å². The van der Waals surface area contributed by atoms with Gasteiger partial charge in [-0.25, -0.2) is 9.18 Å². The number of nitrogens with one attached hydrogen (secondary N) is 2. The van der Waals surface area contributed by atoms with E-state index in [9.17, 15) is 14.0 Å². The zero-order valence-corrected chi connectivity index (χ0v) is 16.9. The molecule has 31 heavy (non-hydrogen) atoms. The molecule has 0 aromatic heterocycles. The normalized spacial score (nSPS) is 13.2. The number of urea groups is 1. The Morgan fingerprint density at radius 1 is 1.03 bits per heavy atom. The molecular weight excluding hydrogens is 395 g/mol. The number of halogens is 1. The molecule has 0 atom stereocenters. The molecule has 4 rings (SSSR count). The summed E-state index contributed by atoms with van der Waals surface area (Å²) in [4.78, 5) is 30.6. The molecule has 3 aromatic rings. The first kappa shape index (κ1) is 20.3. The average Bonchev–Trinajstić information content (AvgIpc) is 2.90. The molecule has 0 bridgehead atoms. The molecule has 0 spiro atoms. The van der Waals surface area contributed by atoms with Crippen molar-refractivity contribution in [3.8, 4) is 0 Å². The third-order valence-electron chi connectivity index (χ3n) is 5.04. The Bertz CT molecular complexity index is 1160. The number of amides is 3. The number of hydrogen-bond donors (Lipinski definition) is 2. The second-order valence-electron chi connectivity index (χ2n) is 7.12. The summed E-state index contributed by atoms with van der Waals surface area (Å²) in [5, 5.41) is 5.60. The number of likely N-dealkylation sites (N-methyl/N-ethyl adjacent to an activating group) is 1. The number of carbonyl (C=O) groups excluding carboxylic acids is 2. The van der Waals surface area contributed by atoms with Crippen molar-refractivity contribution in [2.24, 2.45) is 4.99 Å². The largest absolute Gasteiger partial charge is 0.334 e. The van der Waals surface area contributed by atoms with Crippen LogP contribution in [0.4, 0.5) is 20.6 Å². The molecule has 3 aromatic carbocycles. The highest BCUT2D eigenvalue weighted by molar-refractivity contribution is 6.20. The predicted molar refractivity (Wildman–Crippen MR) is 119 cm³/mol. The summed E-state index contributed by atoms with van der Waals surface area (Å²) in [5.74, 6) is -0.628. The van der Waals surface area contributed by atoms with Crippen LogP contribution in [0.15, 0.2) is 77.8 Å². The quantitative estimate of drug-likeness (QED) is 0.676. The van der Waals surface area contributed by atoms with Crippen LogP contribution in [0.5, 0.6) is 0 Å². The molecule has 6 nitrogen and oxygen atoms in total. The summed E-state index contributed by atoms with van der Waals surface area (Å²) >= 11 is 0. The van der Waals surface area contributed by atoms with Gasteiger partial charge >= 0.3 is 6.03 Å². The number of benzene rings is 3. The number of anilines is 2. The van der Waals surface area contributed by atoms with E-state index in [1.807, 2.05) is 30.3 Å². The minimum Gasteiger partial charge on any atom is -0.334 e. The maximum Gasteiger partial charge on any atom is 0.319 e. The van der Waals surface area contributed by atoms with Crippen molar-refractivity contribution in [2.75, 3.05) is 23.8 Å². The van der Waals surface area contributed by atoms with Gasteiger partial charge in [0.2, 0.25) is 5.91 Å². The second kappa shape index (κ2) is 8.79. The van der Waals surface area contributed by atoms with E-state index in [4.69, 9.17) is 0 Å². The van der Waals surface area contributed by atoms with Crippen LogP contribution < -0.4 is 15.5 Å². The summed E-state index contributed by atoms with van der Waals surface area (Å²) < 4.78 is 14.5. The minimum atomic E-state index is -0.428. The zero-order valence-electron chi connectivity index (χ0n) is 16.9. The number of rotatable bonds is 4. The van der Waals surface area contributed by atoms with Crippen LogP contribution in [0.25, 0.3) is 0 Å². The molecule has 7 heteroatoms. The Morgan fingerprint density at radius 2 is 1.77 bits per heavy atom. The summed E-state index contributed by atoms with van der Waals surface area (Å²) in [6, 6.07) is 20.6. The number of carbonyl (C=O) groups is 2. The average molecular weight is 416 g/mol. The standard InChI is InChI=1S/C24H21FN4O2/c1-29-21-12-11-17(28-24(31)27-14-16-7-3-2-4-8-16)13-19(21)23(26-15-22(29)30)18-9-5-6-10-20(18)25/h2-13H,14-15H2,1H3,(H2,27,28,31). The maximum atomic E-state index is 14.5. The fraction of sp³-hybridized carbons (Fsp3) is 0.125. The van der Waals surface area contributed by atoms with Gasteiger partial charge in [-0.3, -0.25) is 9.79 Å². The Balaban J connectivity index is 1.62. The molecule has 3 amide bonds. The van der Waals surface area contributed by atoms with Gasteiger partial charge in [-0.2, -0.15) is 0 Å². The molecule has 0 fully saturated rings. The van der Waals surface area contributed by atoms with Crippen LogP contribution >= 0.6 is 0 Å². The predicted octanol–water partition coefficient (Wildman–Crippen LogP) is 3.96. The van der Waals surface area contributed by atoms with Crippen molar-refractivity contribution in [1.82, 2.24) is 5.32 Å². The van der Waals surface area contributed by atoms with Crippen molar-refractivity contribution >= 4 is 29.0 Å². The highest BCUT2D eigenvalue weighted by Gasteiger charge is 2.24. The van der Waals surface area contributed by atoms with Gasteiger partial charge in [0.1, 0.15) is 12.4 Å². The number of fused-ring (bicyclic) bond motifs is 1. The Hall–Kier alpha value is -4.00. The second-order valence-corrected chi connectivity index (χ2v) is 7.12. The summed E-state index contributed by atoms with van der Waals surface area (Å²) in [6.45, 7) is 0.298. The molecule has 0 saturated heterocycles. The first-order valence-electron chi connectivity index (χ1n) is 9.82. The lowest BCUT2D eigenvalue weighted by Gasteiger charge is -2.19.